The summed E-state index contributed by atoms with van der Waals surface area (Å²) in [5.41, 5.74) is 2.75. The van der Waals surface area contributed by atoms with Gasteiger partial charge in [-0.25, -0.2) is 5.43 Å². The molecule has 0 bridgehead atoms. The third-order valence-corrected chi connectivity index (χ3v) is 3.25. The summed E-state index contributed by atoms with van der Waals surface area (Å²) in [4.78, 5) is 28.0. The van der Waals surface area contributed by atoms with Crippen molar-refractivity contribution in [2.24, 2.45) is 5.10 Å². The molecule has 22 heavy (non-hydrogen) atoms. The van der Waals surface area contributed by atoms with Crippen molar-refractivity contribution in [1.29, 1.82) is 0 Å². The average Bonchev–Trinajstić information content (AvgIpc) is 2.41. The number of hydrogen-bond acceptors (Lipinski definition) is 5. The maximum absolute atomic E-state index is 11.7. The summed E-state index contributed by atoms with van der Waals surface area (Å²) in [6, 6.07) is 6.09. The molecule has 1 aromatic carbocycles. The van der Waals surface area contributed by atoms with Gasteiger partial charge in [-0.1, -0.05) is 15.9 Å². The Hall–Kier alpha value is -2.26. The van der Waals surface area contributed by atoms with Crippen LogP contribution < -0.4 is 11.0 Å². The smallest absolute Gasteiger partial charge is 0.251 e. The molecule has 0 saturated heterocycles. The summed E-state index contributed by atoms with van der Waals surface area (Å²) < 4.78 is 0.923. The van der Waals surface area contributed by atoms with Gasteiger partial charge in [0, 0.05) is 21.8 Å². The number of amides is 1. The highest BCUT2D eigenvalue weighted by Gasteiger charge is 2.04. The highest BCUT2D eigenvalue weighted by molar-refractivity contribution is 9.10. The number of H-pyrrole nitrogens is 2. The fourth-order valence-electron chi connectivity index (χ4n) is 1.63. The Morgan fingerprint density at radius 3 is 2.91 bits per heavy atom. The van der Waals surface area contributed by atoms with Gasteiger partial charge in [0.05, 0.1) is 12.6 Å². The lowest BCUT2D eigenvalue weighted by Gasteiger charge is -2.01. The van der Waals surface area contributed by atoms with E-state index in [-0.39, 0.29) is 22.5 Å². The second-order valence-corrected chi connectivity index (χ2v) is 5.61. The lowest BCUT2D eigenvalue weighted by atomic mass is 10.2. The van der Waals surface area contributed by atoms with Crippen molar-refractivity contribution in [3.63, 3.8) is 0 Å². The standard InChI is InChI=1S/C13H11BrN4O3S/c14-8-1-2-10(19)7(3-8)6-15-18-12(21)5-9-4-11(20)17-13(22)16-9/h1-4,6,19H,5H2,(H,18,21)(H2,16,17,20,22)/b15-6+. The third-order valence-electron chi connectivity index (χ3n) is 2.55. The Labute approximate surface area is 138 Å². The van der Waals surface area contributed by atoms with E-state index in [1.165, 1.54) is 18.3 Å². The highest BCUT2D eigenvalue weighted by atomic mass is 79.9. The molecule has 0 fully saturated rings. The molecule has 0 aliphatic heterocycles. The summed E-state index contributed by atoms with van der Waals surface area (Å²) >= 11 is 8.08. The van der Waals surface area contributed by atoms with Crippen molar-refractivity contribution in [1.82, 2.24) is 15.4 Å². The predicted octanol–water partition coefficient (Wildman–Crippen LogP) is 1.59. The molecule has 1 aromatic heterocycles. The third kappa shape index (κ3) is 4.64. The number of hydrazone groups is 1. The first-order valence-corrected chi connectivity index (χ1v) is 7.27. The van der Waals surface area contributed by atoms with Crippen molar-refractivity contribution >= 4 is 40.3 Å². The molecule has 1 heterocycles. The first kappa shape index (κ1) is 16.1. The van der Waals surface area contributed by atoms with Crippen molar-refractivity contribution in [3.05, 3.63) is 55.1 Å². The van der Waals surface area contributed by atoms with Crippen LogP contribution in [0.4, 0.5) is 0 Å². The monoisotopic (exact) mass is 382 g/mol. The van der Waals surface area contributed by atoms with Crippen LogP contribution in [-0.4, -0.2) is 27.2 Å². The molecule has 9 heteroatoms. The van der Waals surface area contributed by atoms with Crippen molar-refractivity contribution in [3.8, 4) is 5.75 Å². The van der Waals surface area contributed by atoms with E-state index in [1.807, 2.05) is 0 Å². The van der Waals surface area contributed by atoms with E-state index in [9.17, 15) is 14.7 Å². The first-order valence-electron chi connectivity index (χ1n) is 6.07. The Bertz CT molecular complexity index is 815. The number of hydrogen-bond donors (Lipinski definition) is 4. The van der Waals surface area contributed by atoms with Crippen molar-refractivity contribution < 1.29 is 9.90 Å². The lowest BCUT2D eigenvalue weighted by Crippen LogP contribution is -2.21. The summed E-state index contributed by atoms with van der Waals surface area (Å²) in [6.07, 6.45) is 1.24. The van der Waals surface area contributed by atoms with Crippen LogP contribution in [0.1, 0.15) is 11.3 Å². The molecule has 0 aliphatic carbocycles. The molecule has 0 unspecified atom stereocenters. The van der Waals surface area contributed by atoms with Gasteiger partial charge < -0.3 is 10.1 Å². The molecule has 2 aromatic rings. The number of aromatic nitrogens is 2. The number of aromatic hydroxyl groups is 1. The number of benzene rings is 1. The Kier molecular flexibility index (Phi) is 5.23. The first-order chi connectivity index (χ1) is 10.4. The number of halogens is 1. The normalized spacial score (nSPS) is 10.8. The van der Waals surface area contributed by atoms with Gasteiger partial charge in [0.15, 0.2) is 4.77 Å². The molecule has 2 rings (SSSR count). The fraction of sp³-hybridized carbons (Fsp3) is 0.0769. The second-order valence-electron chi connectivity index (χ2n) is 4.29. The van der Waals surface area contributed by atoms with Crippen LogP contribution in [-0.2, 0) is 11.2 Å². The van der Waals surface area contributed by atoms with Crippen LogP contribution >= 0.6 is 28.1 Å². The summed E-state index contributed by atoms with van der Waals surface area (Å²) in [5.74, 6) is -0.387. The number of nitrogens with zero attached hydrogens (tertiary/aromatic N) is 1. The van der Waals surface area contributed by atoms with Crippen molar-refractivity contribution in [2.45, 2.75) is 6.42 Å². The Morgan fingerprint density at radius 1 is 1.41 bits per heavy atom. The minimum absolute atomic E-state index is 0.0416. The quantitative estimate of drug-likeness (QED) is 0.365. The van der Waals surface area contributed by atoms with E-state index in [4.69, 9.17) is 12.2 Å². The number of phenols is 1. The largest absolute Gasteiger partial charge is 0.507 e. The number of phenolic OH excluding ortho intramolecular Hbond substituents is 1. The maximum Gasteiger partial charge on any atom is 0.251 e. The molecular weight excluding hydrogens is 372 g/mol. The molecule has 0 atom stereocenters. The zero-order valence-electron chi connectivity index (χ0n) is 11.1. The van der Waals surface area contributed by atoms with Crippen LogP contribution in [0.25, 0.3) is 0 Å². The summed E-state index contributed by atoms with van der Waals surface area (Å²) in [5, 5.41) is 13.4. The molecule has 0 aliphatic rings. The summed E-state index contributed by atoms with van der Waals surface area (Å²) in [7, 11) is 0. The van der Waals surface area contributed by atoms with Crippen LogP contribution in [0.5, 0.6) is 5.75 Å². The van der Waals surface area contributed by atoms with Gasteiger partial charge in [-0.15, -0.1) is 0 Å². The van der Waals surface area contributed by atoms with Crippen LogP contribution in [0.15, 0.2) is 38.6 Å². The minimum Gasteiger partial charge on any atom is -0.507 e. The molecule has 1 amide bonds. The summed E-state index contributed by atoms with van der Waals surface area (Å²) in [6.45, 7) is 0. The van der Waals surface area contributed by atoms with E-state index in [0.717, 1.165) is 4.47 Å². The number of aromatic amines is 2. The van der Waals surface area contributed by atoms with Gasteiger partial charge in [0.25, 0.3) is 5.56 Å². The van der Waals surface area contributed by atoms with E-state index in [2.05, 4.69) is 36.4 Å². The number of carbonyl (C=O) groups is 1. The molecule has 4 N–H and O–H groups in total. The van der Waals surface area contributed by atoms with Gasteiger partial charge >= 0.3 is 0 Å². The van der Waals surface area contributed by atoms with Gasteiger partial charge in [0.1, 0.15) is 5.75 Å². The van der Waals surface area contributed by atoms with Crippen LogP contribution in [0.3, 0.4) is 0 Å². The number of carbonyl (C=O) groups excluding carboxylic acids is 1. The van der Waals surface area contributed by atoms with E-state index < -0.39 is 5.91 Å². The highest BCUT2D eigenvalue weighted by Crippen LogP contribution is 2.19. The Morgan fingerprint density at radius 2 is 2.18 bits per heavy atom. The number of nitrogens with one attached hydrogen (secondary N) is 3. The molecule has 0 radical (unpaired) electrons. The van der Waals surface area contributed by atoms with E-state index in [0.29, 0.717) is 11.3 Å². The van der Waals surface area contributed by atoms with Gasteiger partial charge in [-0.3, -0.25) is 14.6 Å². The predicted molar refractivity (Wildman–Crippen MR) is 87.5 cm³/mol. The lowest BCUT2D eigenvalue weighted by molar-refractivity contribution is -0.120. The van der Waals surface area contributed by atoms with Gasteiger partial charge in [-0.05, 0) is 30.4 Å². The molecule has 7 nitrogen and oxygen atoms in total. The van der Waals surface area contributed by atoms with E-state index in [1.54, 1.807) is 12.1 Å². The maximum atomic E-state index is 11.7. The fourth-order valence-corrected chi connectivity index (χ4v) is 2.24. The average molecular weight is 383 g/mol. The SMILES string of the molecule is O=C(Cc1cc(=O)[nH]c(=S)[nH]1)N/N=C/c1cc(Br)ccc1O. The Balaban J connectivity index is 2.00. The second kappa shape index (κ2) is 7.14. The molecule has 114 valence electrons. The zero-order chi connectivity index (χ0) is 16.1. The zero-order valence-corrected chi connectivity index (χ0v) is 13.5. The molecular formula is C13H11BrN4O3S. The molecule has 0 spiro atoms. The number of rotatable bonds is 4. The minimum atomic E-state index is -0.429. The van der Waals surface area contributed by atoms with Gasteiger partial charge in [-0.2, -0.15) is 5.10 Å². The van der Waals surface area contributed by atoms with Gasteiger partial charge in [0.2, 0.25) is 5.91 Å². The van der Waals surface area contributed by atoms with Crippen LogP contribution in [0, 0.1) is 4.77 Å². The van der Waals surface area contributed by atoms with Crippen LogP contribution in [0.2, 0.25) is 0 Å². The topological polar surface area (TPSA) is 110 Å². The molecule has 0 saturated carbocycles. The van der Waals surface area contributed by atoms with Crippen molar-refractivity contribution in [2.75, 3.05) is 0 Å². The van der Waals surface area contributed by atoms with E-state index >= 15 is 0 Å².